The van der Waals surface area contributed by atoms with Gasteiger partial charge in [-0.3, -0.25) is 0 Å². The van der Waals surface area contributed by atoms with Gasteiger partial charge >= 0.3 is 0 Å². The quantitative estimate of drug-likeness (QED) is 0.353. The molecular weight excluding hydrogens is 421 g/mol. The van der Waals surface area contributed by atoms with Crippen LogP contribution in [0.15, 0.2) is 65.3 Å². The number of benzene rings is 2. The Morgan fingerprint density at radius 3 is 2.65 bits per heavy atom. The van der Waals surface area contributed by atoms with E-state index in [1.54, 1.807) is 18.4 Å². The number of hydrogen-bond donors (Lipinski definition) is 0. The highest BCUT2D eigenvalue weighted by Gasteiger charge is 2.31. The summed E-state index contributed by atoms with van der Waals surface area (Å²) in [6.45, 7) is 5.75. The van der Waals surface area contributed by atoms with Crippen molar-refractivity contribution in [1.82, 2.24) is 4.90 Å². The number of fused-ring (bicyclic) bond motifs is 1. The van der Waals surface area contributed by atoms with E-state index < -0.39 is 0 Å². The third-order valence-corrected chi connectivity index (χ3v) is 8.36. The van der Waals surface area contributed by atoms with Gasteiger partial charge in [0, 0.05) is 18.7 Å². The Morgan fingerprint density at radius 2 is 1.82 bits per heavy atom. The smallest absolute Gasteiger partial charge is 0.144 e. The summed E-state index contributed by atoms with van der Waals surface area (Å²) in [5.74, 6) is 0.659. The minimum absolute atomic E-state index is 0.207. The van der Waals surface area contributed by atoms with Gasteiger partial charge in [-0.05, 0) is 72.9 Å². The molecule has 3 heteroatoms. The Balaban J connectivity index is 1.26. The normalized spacial score (nSPS) is 20.1. The average molecular weight is 460 g/mol. The first kappa shape index (κ1) is 23.4. The molecule has 0 amide bonds. The van der Waals surface area contributed by atoms with Crippen LogP contribution in [0.1, 0.15) is 75.8 Å². The van der Waals surface area contributed by atoms with Gasteiger partial charge in [-0.2, -0.15) is 0 Å². The molecule has 2 aliphatic rings. The minimum atomic E-state index is -0.207. The zero-order valence-electron chi connectivity index (χ0n) is 20.6. The van der Waals surface area contributed by atoms with Crippen molar-refractivity contribution >= 4 is 16.5 Å². The lowest BCUT2D eigenvalue weighted by Gasteiger charge is -2.37. The maximum absolute atomic E-state index is 14.1. The minimum Gasteiger partial charge on any atom is -0.464 e. The zero-order chi connectivity index (χ0) is 23.4. The molecular formula is C31H38FNO. The average Bonchev–Trinajstić information content (AvgIpc) is 3.25. The zero-order valence-corrected chi connectivity index (χ0v) is 20.6. The van der Waals surface area contributed by atoms with Crippen LogP contribution in [-0.2, 0) is 5.41 Å². The van der Waals surface area contributed by atoms with E-state index in [4.69, 9.17) is 4.42 Å². The lowest BCUT2D eigenvalue weighted by atomic mass is 9.70. The summed E-state index contributed by atoms with van der Waals surface area (Å²) in [6.07, 6.45) is 15.5. The van der Waals surface area contributed by atoms with E-state index in [9.17, 15) is 4.39 Å². The Labute approximate surface area is 203 Å². The molecule has 2 aromatic carbocycles. The second-order valence-corrected chi connectivity index (χ2v) is 10.8. The first-order chi connectivity index (χ1) is 16.6. The molecule has 0 bridgehead atoms. The standard InChI is InChI=1S/C31H38FNO/c1-31(26-12-6-3-7-13-26,23-24-9-4-2-5-10-24)18-21-33-19-8-11-25(16-20-33)27-14-15-29(32)28-17-22-34-30(27)28/h3,6-7,11-15,17,22,24H,2,4-5,8-10,16,18-21,23H2,1H3. The highest BCUT2D eigenvalue weighted by atomic mass is 19.1. The monoisotopic (exact) mass is 459 g/mol. The van der Waals surface area contributed by atoms with E-state index in [-0.39, 0.29) is 11.2 Å². The Kier molecular flexibility index (Phi) is 7.20. The van der Waals surface area contributed by atoms with Gasteiger partial charge in [0.05, 0.1) is 11.6 Å². The molecule has 1 fully saturated rings. The van der Waals surface area contributed by atoms with Gasteiger partial charge in [-0.25, -0.2) is 4.39 Å². The summed E-state index contributed by atoms with van der Waals surface area (Å²) in [4.78, 5) is 2.63. The van der Waals surface area contributed by atoms with Crippen molar-refractivity contribution in [1.29, 1.82) is 0 Å². The number of nitrogens with zero attached hydrogens (tertiary/aromatic N) is 1. The van der Waals surface area contributed by atoms with Gasteiger partial charge in [0.1, 0.15) is 11.4 Å². The first-order valence-corrected chi connectivity index (χ1v) is 13.3. The van der Waals surface area contributed by atoms with Crippen LogP contribution in [0.2, 0.25) is 0 Å². The molecule has 0 radical (unpaired) electrons. The second kappa shape index (κ2) is 10.5. The van der Waals surface area contributed by atoms with Crippen LogP contribution in [0.4, 0.5) is 4.39 Å². The Morgan fingerprint density at radius 1 is 1.00 bits per heavy atom. The van der Waals surface area contributed by atoms with E-state index in [0.717, 1.165) is 44.0 Å². The summed E-state index contributed by atoms with van der Waals surface area (Å²) in [6, 6.07) is 16.4. The summed E-state index contributed by atoms with van der Waals surface area (Å²) >= 11 is 0. The molecule has 3 aromatic rings. The van der Waals surface area contributed by atoms with Crippen LogP contribution < -0.4 is 0 Å². The second-order valence-electron chi connectivity index (χ2n) is 10.8. The molecule has 1 aromatic heterocycles. The van der Waals surface area contributed by atoms with Crippen LogP contribution in [0.25, 0.3) is 16.5 Å². The van der Waals surface area contributed by atoms with Crippen molar-refractivity contribution in [3.05, 3.63) is 77.8 Å². The summed E-state index contributed by atoms with van der Waals surface area (Å²) in [5.41, 5.74) is 4.75. The Hall–Kier alpha value is -2.39. The number of halogens is 1. The topological polar surface area (TPSA) is 16.4 Å². The largest absolute Gasteiger partial charge is 0.464 e. The van der Waals surface area contributed by atoms with Crippen molar-refractivity contribution in [2.75, 3.05) is 19.6 Å². The van der Waals surface area contributed by atoms with Gasteiger partial charge in [-0.15, -0.1) is 0 Å². The highest BCUT2D eigenvalue weighted by Crippen LogP contribution is 2.40. The van der Waals surface area contributed by atoms with Crippen molar-refractivity contribution in [3.63, 3.8) is 0 Å². The fourth-order valence-corrected chi connectivity index (χ4v) is 6.30. The summed E-state index contributed by atoms with van der Waals surface area (Å²) in [5, 5.41) is 0.584. The molecule has 1 saturated carbocycles. The maximum Gasteiger partial charge on any atom is 0.144 e. The molecule has 0 N–H and O–H groups in total. The molecule has 180 valence electrons. The molecule has 2 heterocycles. The van der Waals surface area contributed by atoms with E-state index in [1.165, 1.54) is 56.1 Å². The fraction of sp³-hybridized carbons (Fsp3) is 0.484. The van der Waals surface area contributed by atoms with Crippen LogP contribution >= 0.6 is 0 Å². The Bertz CT molecular complexity index is 1110. The molecule has 5 rings (SSSR count). The summed E-state index contributed by atoms with van der Waals surface area (Å²) in [7, 11) is 0. The van der Waals surface area contributed by atoms with Crippen molar-refractivity contribution < 1.29 is 8.81 Å². The lowest BCUT2D eigenvalue weighted by molar-refractivity contribution is 0.214. The van der Waals surface area contributed by atoms with Crippen LogP contribution in [0, 0.1) is 11.7 Å². The van der Waals surface area contributed by atoms with E-state index >= 15 is 0 Å². The van der Waals surface area contributed by atoms with Gasteiger partial charge in [0.15, 0.2) is 0 Å². The van der Waals surface area contributed by atoms with E-state index in [2.05, 4.69) is 48.2 Å². The molecule has 1 unspecified atom stereocenters. The lowest BCUT2D eigenvalue weighted by Crippen LogP contribution is -2.34. The van der Waals surface area contributed by atoms with Crippen LogP contribution in [0.5, 0.6) is 0 Å². The fourth-order valence-electron chi connectivity index (χ4n) is 6.30. The molecule has 2 nitrogen and oxygen atoms in total. The maximum atomic E-state index is 14.1. The molecule has 1 atom stereocenters. The molecule has 1 aliphatic heterocycles. The number of hydrogen-bond acceptors (Lipinski definition) is 2. The van der Waals surface area contributed by atoms with Gasteiger partial charge in [-0.1, -0.05) is 75.4 Å². The predicted octanol–water partition coefficient (Wildman–Crippen LogP) is 8.37. The van der Waals surface area contributed by atoms with Gasteiger partial charge in [0.2, 0.25) is 0 Å². The summed E-state index contributed by atoms with van der Waals surface area (Å²) < 4.78 is 19.8. The van der Waals surface area contributed by atoms with Crippen molar-refractivity contribution in [2.45, 2.75) is 70.1 Å². The third kappa shape index (κ3) is 5.15. The van der Waals surface area contributed by atoms with E-state index in [0.29, 0.717) is 11.0 Å². The molecule has 0 saturated heterocycles. The number of rotatable bonds is 7. The SMILES string of the molecule is CC(CCN1CCC=C(c2ccc(F)c3ccoc23)CC1)(CC1CCCCC1)c1ccccc1. The molecule has 1 aliphatic carbocycles. The van der Waals surface area contributed by atoms with Crippen LogP contribution in [-0.4, -0.2) is 24.5 Å². The van der Waals surface area contributed by atoms with Crippen LogP contribution in [0.3, 0.4) is 0 Å². The molecule has 0 spiro atoms. The van der Waals surface area contributed by atoms with Crippen molar-refractivity contribution in [2.24, 2.45) is 5.92 Å². The molecule has 34 heavy (non-hydrogen) atoms. The van der Waals surface area contributed by atoms with E-state index in [1.807, 2.05) is 6.07 Å². The van der Waals surface area contributed by atoms with Gasteiger partial charge in [0.25, 0.3) is 0 Å². The number of furan rings is 1. The highest BCUT2D eigenvalue weighted by molar-refractivity contribution is 5.90. The first-order valence-electron chi connectivity index (χ1n) is 13.3. The van der Waals surface area contributed by atoms with Gasteiger partial charge < -0.3 is 9.32 Å². The third-order valence-electron chi connectivity index (χ3n) is 8.36. The predicted molar refractivity (Wildman–Crippen MR) is 139 cm³/mol. The van der Waals surface area contributed by atoms with Crippen molar-refractivity contribution in [3.8, 4) is 0 Å².